The predicted molar refractivity (Wildman–Crippen MR) is 172 cm³/mol. The number of hydrogen-bond acceptors (Lipinski definition) is 8. The van der Waals surface area contributed by atoms with Crippen LogP contribution in [0.5, 0.6) is 0 Å². The Bertz CT molecular complexity index is 756. The first kappa shape index (κ1) is 41.9. The summed E-state index contributed by atoms with van der Waals surface area (Å²) in [7, 11) is 3.14. The summed E-state index contributed by atoms with van der Waals surface area (Å²) in [6, 6.07) is 0. The number of phosphoric acid groups is 1. The molecule has 43 heavy (non-hydrogen) atoms. The minimum absolute atomic E-state index is 0.0621. The first-order valence-electron chi connectivity index (χ1n) is 16.2. The summed E-state index contributed by atoms with van der Waals surface area (Å²) in [5.41, 5.74) is 0. The van der Waals surface area contributed by atoms with Gasteiger partial charge in [0.2, 0.25) is 0 Å². The molecule has 0 saturated carbocycles. The van der Waals surface area contributed by atoms with E-state index in [1.165, 1.54) is 51.4 Å². The van der Waals surface area contributed by atoms with E-state index >= 15 is 0 Å². The molecular weight excluding hydrogens is 573 g/mol. The number of unbranched alkanes of at least 4 members (excludes halogenated alkanes) is 10. The van der Waals surface area contributed by atoms with Crippen molar-refractivity contribution in [1.29, 1.82) is 0 Å². The van der Waals surface area contributed by atoms with E-state index in [1.807, 2.05) is 21.1 Å². The van der Waals surface area contributed by atoms with Crippen molar-refractivity contribution < 1.29 is 46.7 Å². The van der Waals surface area contributed by atoms with Crippen molar-refractivity contribution in [2.75, 3.05) is 74.6 Å². The van der Waals surface area contributed by atoms with Gasteiger partial charge in [0.25, 0.3) is 0 Å². The van der Waals surface area contributed by atoms with Gasteiger partial charge in [-0.1, -0.05) is 76.2 Å². The van der Waals surface area contributed by atoms with Crippen LogP contribution in [-0.2, 0) is 37.4 Å². The second kappa shape index (κ2) is 28.4. The monoisotopic (exact) mass is 636 g/mol. The zero-order valence-electron chi connectivity index (χ0n) is 27.8. The van der Waals surface area contributed by atoms with E-state index in [-0.39, 0.29) is 32.6 Å². The standard InChI is InChI=1S/C32H62NO9P/c1-6-7-8-9-10-11-12-13-14-15-16-17-18-19-20-21-22-23-32(34)39-28-31(40-30-38-27-26-37-5)29-42-43(35,36)41-25-24-33(2,3)4/h10-11,13-14,31H,6-9,12,15-30H2,1-5H3/p+1/b11-10-,14-13-/t31-/m1/s1. The minimum atomic E-state index is -4.27. The number of ether oxygens (including phenoxy) is 4. The van der Waals surface area contributed by atoms with Crippen LogP contribution < -0.4 is 0 Å². The Morgan fingerprint density at radius 2 is 1.44 bits per heavy atom. The molecule has 0 aromatic heterocycles. The molecule has 2 atom stereocenters. The SMILES string of the molecule is CCCCC/C=C\C/C=C\CCCCCCCCCC(=O)OC[C@H](COP(=O)(O)OCC[N+](C)(C)C)OCOCCOC. The molecule has 0 radical (unpaired) electrons. The summed E-state index contributed by atoms with van der Waals surface area (Å²) in [4.78, 5) is 22.2. The summed E-state index contributed by atoms with van der Waals surface area (Å²) >= 11 is 0. The molecule has 254 valence electrons. The number of carbonyl (C=O) groups excluding carboxylic acids is 1. The summed E-state index contributed by atoms with van der Waals surface area (Å²) in [6.07, 6.45) is 23.6. The van der Waals surface area contributed by atoms with E-state index in [1.54, 1.807) is 7.11 Å². The lowest BCUT2D eigenvalue weighted by Gasteiger charge is -2.24. The van der Waals surface area contributed by atoms with Crippen LogP contribution in [0.2, 0.25) is 0 Å². The Hall–Kier alpha value is -1.10. The topological polar surface area (TPSA) is 110 Å². The van der Waals surface area contributed by atoms with Crippen molar-refractivity contribution in [2.45, 2.75) is 103 Å². The molecule has 1 unspecified atom stereocenters. The van der Waals surface area contributed by atoms with Crippen LogP contribution in [0.3, 0.4) is 0 Å². The smallest absolute Gasteiger partial charge is 0.463 e. The fraction of sp³-hybridized carbons (Fsp3) is 0.844. The molecule has 0 spiro atoms. The number of rotatable bonds is 31. The van der Waals surface area contributed by atoms with Crippen molar-refractivity contribution >= 4 is 13.8 Å². The van der Waals surface area contributed by atoms with Crippen molar-refractivity contribution in [3.05, 3.63) is 24.3 Å². The van der Waals surface area contributed by atoms with Crippen molar-refractivity contribution in [2.24, 2.45) is 0 Å². The van der Waals surface area contributed by atoms with Gasteiger partial charge in [-0.25, -0.2) is 4.57 Å². The fourth-order valence-electron chi connectivity index (χ4n) is 3.83. The number of carbonyl (C=O) groups is 1. The van der Waals surface area contributed by atoms with E-state index in [0.717, 1.165) is 32.1 Å². The zero-order chi connectivity index (χ0) is 32.1. The van der Waals surface area contributed by atoms with Gasteiger partial charge in [0, 0.05) is 13.5 Å². The molecule has 0 bridgehead atoms. The lowest BCUT2D eigenvalue weighted by atomic mass is 10.1. The van der Waals surface area contributed by atoms with Crippen LogP contribution in [0, 0.1) is 0 Å². The van der Waals surface area contributed by atoms with E-state index < -0.39 is 13.9 Å². The number of hydrogen-bond donors (Lipinski definition) is 1. The van der Waals surface area contributed by atoms with Crippen LogP contribution in [0.15, 0.2) is 24.3 Å². The van der Waals surface area contributed by atoms with E-state index in [9.17, 15) is 14.3 Å². The Kier molecular flexibility index (Phi) is 27.7. The quantitative estimate of drug-likeness (QED) is 0.0215. The lowest BCUT2D eigenvalue weighted by molar-refractivity contribution is -0.870. The van der Waals surface area contributed by atoms with Gasteiger partial charge in [0.1, 0.15) is 32.7 Å². The fourth-order valence-corrected chi connectivity index (χ4v) is 4.57. The van der Waals surface area contributed by atoms with Crippen molar-refractivity contribution in [3.8, 4) is 0 Å². The van der Waals surface area contributed by atoms with Crippen LogP contribution in [-0.4, -0.2) is 96.1 Å². The number of nitrogens with zero attached hydrogens (tertiary/aromatic N) is 1. The molecule has 0 aromatic carbocycles. The third-order valence-electron chi connectivity index (χ3n) is 6.52. The molecule has 0 fully saturated rings. The summed E-state index contributed by atoms with van der Waals surface area (Å²) in [5, 5.41) is 0. The molecule has 0 heterocycles. The predicted octanol–water partition coefficient (Wildman–Crippen LogP) is 6.97. The van der Waals surface area contributed by atoms with Gasteiger partial charge in [-0.3, -0.25) is 13.8 Å². The number of quaternary nitrogens is 1. The third-order valence-corrected chi connectivity index (χ3v) is 7.50. The van der Waals surface area contributed by atoms with Gasteiger partial charge in [0.15, 0.2) is 0 Å². The minimum Gasteiger partial charge on any atom is -0.463 e. The maximum absolute atomic E-state index is 12.3. The second-order valence-electron chi connectivity index (χ2n) is 11.8. The summed E-state index contributed by atoms with van der Waals surface area (Å²) in [6.45, 7) is 3.06. The van der Waals surface area contributed by atoms with Gasteiger partial charge in [-0.2, -0.15) is 0 Å². The highest BCUT2D eigenvalue weighted by Crippen LogP contribution is 2.43. The van der Waals surface area contributed by atoms with Crippen LogP contribution in [0.4, 0.5) is 0 Å². The average molecular weight is 637 g/mol. The molecule has 0 rings (SSSR count). The molecule has 0 saturated heterocycles. The maximum atomic E-state index is 12.3. The molecule has 0 aliphatic carbocycles. The number of methoxy groups -OCH3 is 1. The second-order valence-corrected chi connectivity index (χ2v) is 13.2. The first-order valence-corrected chi connectivity index (χ1v) is 17.7. The average Bonchev–Trinajstić information content (AvgIpc) is 2.94. The van der Waals surface area contributed by atoms with Crippen LogP contribution >= 0.6 is 7.82 Å². The molecular formula is C32H63NO9P+. The maximum Gasteiger partial charge on any atom is 0.472 e. The molecule has 0 aliphatic heterocycles. The first-order chi connectivity index (χ1) is 20.6. The Balaban J connectivity index is 4.06. The molecule has 0 aromatic rings. The Morgan fingerprint density at radius 1 is 0.814 bits per heavy atom. The Labute approximate surface area is 262 Å². The highest BCUT2D eigenvalue weighted by molar-refractivity contribution is 7.47. The van der Waals surface area contributed by atoms with E-state index in [2.05, 4.69) is 31.2 Å². The van der Waals surface area contributed by atoms with Crippen LogP contribution in [0.25, 0.3) is 0 Å². The van der Waals surface area contributed by atoms with Gasteiger partial charge in [-0.15, -0.1) is 0 Å². The van der Waals surface area contributed by atoms with E-state index in [4.69, 9.17) is 28.0 Å². The largest absolute Gasteiger partial charge is 0.472 e. The van der Waals surface area contributed by atoms with Crippen molar-refractivity contribution in [1.82, 2.24) is 0 Å². The molecule has 10 nitrogen and oxygen atoms in total. The van der Waals surface area contributed by atoms with Crippen molar-refractivity contribution in [3.63, 3.8) is 0 Å². The van der Waals surface area contributed by atoms with Gasteiger partial charge < -0.3 is 28.3 Å². The molecule has 0 amide bonds. The highest BCUT2D eigenvalue weighted by Gasteiger charge is 2.25. The lowest BCUT2D eigenvalue weighted by Crippen LogP contribution is -2.37. The molecule has 0 aliphatic rings. The summed E-state index contributed by atoms with van der Waals surface area (Å²) < 4.78 is 44.1. The Morgan fingerprint density at radius 3 is 2.07 bits per heavy atom. The van der Waals surface area contributed by atoms with E-state index in [0.29, 0.717) is 30.7 Å². The molecule has 1 N–H and O–H groups in total. The zero-order valence-corrected chi connectivity index (χ0v) is 28.7. The summed E-state index contributed by atoms with van der Waals surface area (Å²) in [5.74, 6) is -0.331. The number of esters is 1. The van der Waals surface area contributed by atoms with Gasteiger partial charge in [-0.05, 0) is 38.5 Å². The normalized spacial score (nSPS) is 14.5. The number of allylic oxidation sites excluding steroid dienone is 4. The number of likely N-dealkylation sites (N-methyl/N-ethyl adjacent to an activating group) is 1. The third kappa shape index (κ3) is 32.1. The van der Waals surface area contributed by atoms with Gasteiger partial charge >= 0.3 is 13.8 Å². The van der Waals surface area contributed by atoms with Gasteiger partial charge in [0.05, 0.1) is 41.0 Å². The number of phosphoric ester groups is 1. The molecule has 11 heteroatoms. The highest BCUT2D eigenvalue weighted by atomic mass is 31.2. The van der Waals surface area contributed by atoms with Crippen LogP contribution in [0.1, 0.15) is 96.8 Å².